The van der Waals surface area contributed by atoms with E-state index in [2.05, 4.69) is 21.3 Å². The minimum atomic E-state index is -0.390. The first-order valence-electron chi connectivity index (χ1n) is 31.0. The lowest BCUT2D eigenvalue weighted by Gasteiger charge is -2.26. The lowest BCUT2D eigenvalue weighted by molar-refractivity contribution is -0.124. The standard InChI is InChI=1S/C72H70N8O12/c1-3-79-69(85)55-15-7-13-53-59(19-17-57(63(53)55)71(79)87)75-23-21-73-39-43-31-49-35-45-9-5-11-47-37-51-33-44(40-74-22-24-76-60-20-18-58-64-54(60)14-8-16-56(64)70(86)80(4-2)72(58)88)34-52(66(51)84)38-48-12-6-10-46(36-50(32-43)65(49)83)68(48)92-42-62(82)78-26-28-90-30-29-89-27-25-77-61(81)41-91-67(45)47/h5-20,31-34,39-40,75-76,83-84H,3-4,21-30,35-38,41-42H2,1-2H3,(H,77,81)(H,78,82). The van der Waals surface area contributed by atoms with Crippen molar-refractivity contribution in [3.8, 4) is 23.0 Å². The van der Waals surface area contributed by atoms with Crippen LogP contribution in [0.25, 0.3) is 21.5 Å². The predicted molar refractivity (Wildman–Crippen MR) is 351 cm³/mol. The summed E-state index contributed by atoms with van der Waals surface area (Å²) >= 11 is 0. The zero-order valence-electron chi connectivity index (χ0n) is 51.2. The number of benzene rings is 8. The zero-order chi connectivity index (χ0) is 63.8. The van der Waals surface area contributed by atoms with Crippen LogP contribution in [0.2, 0.25) is 0 Å². The third-order valence-electron chi connectivity index (χ3n) is 16.9. The highest BCUT2D eigenvalue weighted by molar-refractivity contribution is 6.28. The van der Waals surface area contributed by atoms with E-state index in [-0.39, 0.29) is 138 Å². The number of phenolic OH excluding ortho intramolecular Hbond substituents is 2. The highest BCUT2D eigenvalue weighted by atomic mass is 16.5. The number of anilines is 2. The molecule has 4 aliphatic rings. The average Bonchev–Trinajstić information content (AvgIpc) is 0.758. The molecule has 0 aromatic heterocycles. The van der Waals surface area contributed by atoms with Crippen LogP contribution < -0.4 is 30.7 Å². The fourth-order valence-corrected chi connectivity index (χ4v) is 12.5. The Labute approximate surface area is 531 Å². The molecule has 8 aromatic carbocycles. The van der Waals surface area contributed by atoms with E-state index in [1.165, 1.54) is 9.80 Å². The van der Waals surface area contributed by atoms with Crippen molar-refractivity contribution >= 4 is 80.8 Å². The normalized spacial score (nSPS) is 15.8. The van der Waals surface area contributed by atoms with Gasteiger partial charge in [0.15, 0.2) is 13.2 Å². The van der Waals surface area contributed by atoms with Gasteiger partial charge in [-0.25, -0.2) is 0 Å². The Bertz CT molecular complexity index is 3910. The molecule has 92 heavy (non-hydrogen) atoms. The molecule has 6 N–H and O–H groups in total. The number of hydrogen-bond acceptors (Lipinski definition) is 16. The lowest BCUT2D eigenvalue weighted by Crippen LogP contribution is -2.40. The van der Waals surface area contributed by atoms with Crippen LogP contribution in [0.3, 0.4) is 0 Å². The average molecular weight is 1240 g/mol. The van der Waals surface area contributed by atoms with Crippen LogP contribution in [0, 0.1) is 0 Å². The molecule has 0 spiro atoms. The van der Waals surface area contributed by atoms with Crippen molar-refractivity contribution in [2.45, 2.75) is 39.5 Å². The number of carbonyl (C=O) groups is 6. The summed E-state index contributed by atoms with van der Waals surface area (Å²) in [7, 11) is 0. The molecule has 0 unspecified atom stereocenters. The number of imide groups is 2. The largest absolute Gasteiger partial charge is 0.507 e. The van der Waals surface area contributed by atoms with E-state index in [9.17, 15) is 39.0 Å². The van der Waals surface area contributed by atoms with Crippen LogP contribution in [-0.4, -0.2) is 160 Å². The van der Waals surface area contributed by atoms with Crippen molar-refractivity contribution in [3.63, 3.8) is 0 Å². The summed E-state index contributed by atoms with van der Waals surface area (Å²) in [5.41, 5.74) is 9.56. The number of fused-ring (bicyclic) bond motifs is 2. The number of nitrogens with zero attached hydrogens (tertiary/aromatic N) is 4. The molecule has 470 valence electrons. The highest BCUT2D eigenvalue weighted by Crippen LogP contribution is 2.41. The van der Waals surface area contributed by atoms with Gasteiger partial charge in [-0.15, -0.1) is 0 Å². The van der Waals surface area contributed by atoms with Crippen molar-refractivity contribution in [1.29, 1.82) is 0 Å². The number of para-hydroxylation sites is 2. The van der Waals surface area contributed by atoms with Crippen molar-refractivity contribution in [2.75, 3.05) is 103 Å². The third kappa shape index (κ3) is 13.0. The summed E-state index contributed by atoms with van der Waals surface area (Å²) in [4.78, 5) is 92.6. The first-order valence-corrected chi connectivity index (χ1v) is 31.0. The fraction of sp³-hybridized carbons (Fsp3) is 0.278. The van der Waals surface area contributed by atoms with E-state index < -0.39 is 0 Å². The van der Waals surface area contributed by atoms with Gasteiger partial charge < -0.3 is 50.4 Å². The van der Waals surface area contributed by atoms with Gasteiger partial charge in [-0.1, -0.05) is 60.7 Å². The topological polar surface area (TPSA) is 259 Å². The summed E-state index contributed by atoms with van der Waals surface area (Å²) in [6.45, 7) is 6.28. The minimum Gasteiger partial charge on any atom is -0.507 e. The monoisotopic (exact) mass is 1240 g/mol. The van der Waals surface area contributed by atoms with Gasteiger partial charge in [-0.3, -0.25) is 48.6 Å². The highest BCUT2D eigenvalue weighted by Gasteiger charge is 2.34. The Hall–Kier alpha value is -10.4. The number of carbonyl (C=O) groups excluding carboxylic acids is 6. The number of rotatable bonds is 12. The summed E-state index contributed by atoms with van der Waals surface area (Å²) < 4.78 is 24.5. The summed E-state index contributed by atoms with van der Waals surface area (Å²) in [5, 5.41) is 40.4. The van der Waals surface area contributed by atoms with Crippen LogP contribution >= 0.6 is 0 Å². The number of ether oxygens (including phenoxy) is 4. The molecule has 0 saturated carbocycles. The van der Waals surface area contributed by atoms with Crippen molar-refractivity contribution in [1.82, 2.24) is 20.4 Å². The van der Waals surface area contributed by atoms with Gasteiger partial charge in [0, 0.05) is 133 Å². The molecular weight excluding hydrogens is 1170 g/mol. The van der Waals surface area contributed by atoms with Gasteiger partial charge >= 0.3 is 0 Å². The van der Waals surface area contributed by atoms with Gasteiger partial charge in [0.2, 0.25) is 0 Å². The first kappa shape index (κ1) is 61.8. The maximum Gasteiger partial charge on any atom is 0.261 e. The second kappa shape index (κ2) is 27.7. The molecule has 8 aromatic rings. The Balaban J connectivity index is 0.879. The molecule has 20 heteroatoms. The molecule has 6 amide bonds. The van der Waals surface area contributed by atoms with Gasteiger partial charge in [-0.2, -0.15) is 0 Å². The maximum absolute atomic E-state index is 13.5. The quantitative estimate of drug-likeness (QED) is 0.0381. The van der Waals surface area contributed by atoms with Crippen LogP contribution in [0.4, 0.5) is 11.4 Å². The Morgan fingerprint density at radius 2 is 0.826 bits per heavy atom. The number of nitrogens with one attached hydrogen (secondary N) is 4. The zero-order valence-corrected chi connectivity index (χ0v) is 51.2. The Morgan fingerprint density at radius 1 is 0.467 bits per heavy atom. The number of phenols is 2. The van der Waals surface area contributed by atoms with E-state index >= 15 is 0 Å². The smallest absolute Gasteiger partial charge is 0.261 e. The van der Waals surface area contributed by atoms with Crippen molar-refractivity contribution < 1.29 is 57.9 Å². The van der Waals surface area contributed by atoms with Gasteiger partial charge in [0.25, 0.3) is 35.4 Å². The fourth-order valence-electron chi connectivity index (χ4n) is 12.5. The molecule has 3 aliphatic heterocycles. The molecule has 0 saturated heterocycles. The van der Waals surface area contributed by atoms with Crippen LogP contribution in [-0.2, 0) is 44.7 Å². The number of aliphatic imine (C=N–C) groups is 2. The summed E-state index contributed by atoms with van der Waals surface area (Å²) in [6, 6.07) is 36.9. The molecule has 0 fully saturated rings. The SMILES string of the molecule is CCN1C(=O)c2cccc3c(NCCN=Cc4cc5c(O)c(c4)Cc4cccc6c4OCC(=O)NCCOCCOCCNC(=O)COc4c(cccc4Cc4cc(C=NCCNc7ccc8c9c(cccc79)C(=O)N(CC)C8=O)cc(c4O)C6)C5)ccc(c23)C1=O. The second-order valence-electron chi connectivity index (χ2n) is 22.8. The molecule has 1 aliphatic carbocycles. The van der Waals surface area contributed by atoms with Crippen molar-refractivity contribution in [3.05, 3.63) is 199 Å². The lowest BCUT2D eigenvalue weighted by atomic mass is 9.90. The molecule has 10 bridgehead atoms. The van der Waals surface area contributed by atoms with E-state index in [0.29, 0.717) is 126 Å². The van der Waals surface area contributed by atoms with Gasteiger partial charge in [0.1, 0.15) is 23.0 Å². The molecule has 0 radical (unpaired) electrons. The first-order chi connectivity index (χ1) is 44.9. The van der Waals surface area contributed by atoms with Crippen LogP contribution in [0.5, 0.6) is 23.0 Å². The summed E-state index contributed by atoms with van der Waals surface area (Å²) in [5.74, 6) is -1.23. The van der Waals surface area contributed by atoms with Crippen LogP contribution in [0.1, 0.15) is 111 Å². The number of aromatic hydroxyl groups is 2. The van der Waals surface area contributed by atoms with E-state index in [1.807, 2.05) is 97.1 Å². The number of amides is 6. The Kier molecular flexibility index (Phi) is 18.6. The maximum atomic E-state index is 13.5. The Morgan fingerprint density at radius 3 is 1.20 bits per heavy atom. The van der Waals surface area contributed by atoms with E-state index in [1.54, 1.807) is 50.5 Å². The molecule has 0 atom stereocenters. The summed E-state index contributed by atoms with van der Waals surface area (Å²) in [6.07, 6.45) is 4.07. The molecule has 3 heterocycles. The molecular formula is C72H70N8O12. The van der Waals surface area contributed by atoms with E-state index in [0.717, 1.165) is 22.1 Å². The van der Waals surface area contributed by atoms with Crippen LogP contribution in [0.15, 0.2) is 131 Å². The third-order valence-corrected chi connectivity index (χ3v) is 16.9. The van der Waals surface area contributed by atoms with Gasteiger partial charge in [-0.05, 0) is 130 Å². The predicted octanol–water partition coefficient (Wildman–Crippen LogP) is 8.41. The minimum absolute atomic E-state index is 0.0188. The second-order valence-corrected chi connectivity index (χ2v) is 22.8. The molecule has 12 rings (SSSR count). The molecule has 20 nitrogen and oxygen atoms in total. The van der Waals surface area contributed by atoms with Gasteiger partial charge in [0.05, 0.1) is 39.5 Å². The van der Waals surface area contributed by atoms with Crippen molar-refractivity contribution in [2.24, 2.45) is 9.98 Å². The number of hydrogen-bond donors (Lipinski definition) is 6. The van der Waals surface area contributed by atoms with E-state index in [4.69, 9.17) is 28.9 Å².